The fraction of sp³-hybridized carbons (Fsp3) is 0.0588. The number of carbonyl (C=O) groups excluding carboxylic acids is 1. The van der Waals surface area contributed by atoms with E-state index in [1.165, 1.54) is 6.08 Å². The van der Waals surface area contributed by atoms with Crippen LogP contribution in [0.4, 0.5) is 0 Å². The van der Waals surface area contributed by atoms with Crippen molar-refractivity contribution in [1.82, 2.24) is 15.1 Å². The number of nitrogens with zero attached hydrogens (tertiary/aromatic N) is 2. The summed E-state index contributed by atoms with van der Waals surface area (Å²) in [5.41, 5.74) is 1.94. The van der Waals surface area contributed by atoms with Crippen LogP contribution >= 0.6 is 0 Å². The fourth-order valence-electron chi connectivity index (χ4n) is 2.08. The minimum atomic E-state index is -0.174. The Labute approximate surface area is 127 Å². The van der Waals surface area contributed by atoms with E-state index in [-0.39, 0.29) is 5.91 Å². The van der Waals surface area contributed by atoms with Gasteiger partial charge in [-0.25, -0.2) is 4.68 Å². The normalized spacial score (nSPS) is 10.9. The minimum absolute atomic E-state index is 0.174. The maximum absolute atomic E-state index is 11.8. The van der Waals surface area contributed by atoms with Crippen molar-refractivity contribution in [3.8, 4) is 5.69 Å². The summed E-state index contributed by atoms with van der Waals surface area (Å²) < 4.78 is 6.91. The van der Waals surface area contributed by atoms with Gasteiger partial charge in [0.25, 0.3) is 0 Å². The zero-order valence-electron chi connectivity index (χ0n) is 11.8. The third-order valence-corrected chi connectivity index (χ3v) is 3.14. The number of nitrogens with one attached hydrogen (secondary N) is 1. The standard InChI is InChI=1S/C17H15N3O2/c21-17(9-8-15-6-3-12-22-15)18-13-14-5-1-2-7-16(14)20-11-4-10-19-20/h1-12H,13H2,(H,18,21)/b9-8+. The number of para-hydroxylation sites is 1. The number of benzene rings is 1. The zero-order valence-corrected chi connectivity index (χ0v) is 11.8. The molecule has 0 saturated heterocycles. The number of aromatic nitrogens is 2. The van der Waals surface area contributed by atoms with Gasteiger partial charge in [-0.05, 0) is 35.9 Å². The topological polar surface area (TPSA) is 60.1 Å². The first-order valence-electron chi connectivity index (χ1n) is 6.90. The average Bonchev–Trinajstić information content (AvgIpc) is 3.24. The summed E-state index contributed by atoms with van der Waals surface area (Å²) in [6, 6.07) is 13.2. The molecule has 1 N–H and O–H groups in total. The van der Waals surface area contributed by atoms with Gasteiger partial charge >= 0.3 is 0 Å². The van der Waals surface area contributed by atoms with Crippen LogP contribution in [0.1, 0.15) is 11.3 Å². The number of rotatable bonds is 5. The number of hydrogen-bond donors (Lipinski definition) is 1. The van der Waals surface area contributed by atoms with Gasteiger partial charge in [-0.3, -0.25) is 4.79 Å². The minimum Gasteiger partial charge on any atom is -0.465 e. The van der Waals surface area contributed by atoms with Crippen LogP contribution in [0.2, 0.25) is 0 Å². The Balaban J connectivity index is 1.66. The Bertz CT molecular complexity index is 759. The van der Waals surface area contributed by atoms with E-state index in [4.69, 9.17) is 4.42 Å². The van der Waals surface area contributed by atoms with Crippen molar-refractivity contribution in [2.24, 2.45) is 0 Å². The molecule has 0 fully saturated rings. The molecule has 2 heterocycles. The second-order valence-corrected chi connectivity index (χ2v) is 4.65. The number of amides is 1. The maximum Gasteiger partial charge on any atom is 0.244 e. The molecular formula is C17H15N3O2. The molecule has 0 atom stereocenters. The highest BCUT2D eigenvalue weighted by Crippen LogP contribution is 2.13. The van der Waals surface area contributed by atoms with Gasteiger partial charge in [-0.2, -0.15) is 5.10 Å². The van der Waals surface area contributed by atoms with Crippen LogP contribution in [0, 0.1) is 0 Å². The van der Waals surface area contributed by atoms with Gasteiger partial charge in [-0.1, -0.05) is 18.2 Å². The Morgan fingerprint density at radius 2 is 2.14 bits per heavy atom. The lowest BCUT2D eigenvalue weighted by molar-refractivity contribution is -0.116. The number of furan rings is 1. The molecule has 0 aliphatic rings. The van der Waals surface area contributed by atoms with Crippen molar-refractivity contribution in [1.29, 1.82) is 0 Å². The Kier molecular flexibility index (Phi) is 4.15. The van der Waals surface area contributed by atoms with E-state index in [2.05, 4.69) is 10.4 Å². The molecule has 110 valence electrons. The van der Waals surface area contributed by atoms with Gasteiger partial charge < -0.3 is 9.73 Å². The first kappa shape index (κ1) is 13.9. The molecule has 3 rings (SSSR count). The van der Waals surface area contributed by atoms with E-state index in [9.17, 15) is 4.79 Å². The molecule has 3 aromatic rings. The van der Waals surface area contributed by atoms with Crippen molar-refractivity contribution < 1.29 is 9.21 Å². The SMILES string of the molecule is O=C(/C=C/c1ccco1)NCc1ccccc1-n1cccn1. The highest BCUT2D eigenvalue weighted by Gasteiger charge is 2.05. The molecule has 0 spiro atoms. The predicted molar refractivity (Wildman–Crippen MR) is 83.2 cm³/mol. The lowest BCUT2D eigenvalue weighted by atomic mass is 10.2. The van der Waals surface area contributed by atoms with Crippen LogP contribution in [-0.2, 0) is 11.3 Å². The van der Waals surface area contributed by atoms with Gasteiger partial charge in [0.1, 0.15) is 5.76 Å². The van der Waals surface area contributed by atoms with Gasteiger partial charge in [0.2, 0.25) is 5.91 Å². The first-order chi connectivity index (χ1) is 10.8. The average molecular weight is 293 g/mol. The molecule has 0 aliphatic heterocycles. The molecule has 5 heteroatoms. The van der Waals surface area contributed by atoms with Gasteiger partial charge in [0.15, 0.2) is 0 Å². The lowest BCUT2D eigenvalue weighted by Gasteiger charge is -2.09. The quantitative estimate of drug-likeness (QED) is 0.736. The smallest absolute Gasteiger partial charge is 0.244 e. The molecule has 5 nitrogen and oxygen atoms in total. The third kappa shape index (κ3) is 3.32. The van der Waals surface area contributed by atoms with Crippen molar-refractivity contribution >= 4 is 12.0 Å². The van der Waals surface area contributed by atoms with Crippen molar-refractivity contribution in [2.45, 2.75) is 6.54 Å². The summed E-state index contributed by atoms with van der Waals surface area (Å²) in [4.78, 5) is 11.8. The summed E-state index contributed by atoms with van der Waals surface area (Å²) in [6.07, 6.45) is 8.25. The first-order valence-corrected chi connectivity index (χ1v) is 6.90. The summed E-state index contributed by atoms with van der Waals surface area (Å²) in [5, 5.41) is 7.08. The molecule has 0 aliphatic carbocycles. The number of carbonyl (C=O) groups is 1. The molecule has 2 aromatic heterocycles. The van der Waals surface area contributed by atoms with E-state index >= 15 is 0 Å². The second-order valence-electron chi connectivity index (χ2n) is 4.65. The zero-order chi connectivity index (χ0) is 15.2. The van der Waals surface area contributed by atoms with Gasteiger partial charge in [-0.15, -0.1) is 0 Å². The second kappa shape index (κ2) is 6.58. The third-order valence-electron chi connectivity index (χ3n) is 3.14. The monoisotopic (exact) mass is 293 g/mol. The number of hydrogen-bond acceptors (Lipinski definition) is 3. The Morgan fingerprint density at radius 3 is 2.91 bits per heavy atom. The van der Waals surface area contributed by atoms with E-state index in [0.29, 0.717) is 12.3 Å². The van der Waals surface area contributed by atoms with Crippen molar-refractivity contribution in [3.63, 3.8) is 0 Å². The molecule has 1 aromatic carbocycles. The van der Waals surface area contributed by atoms with Crippen LogP contribution in [0.5, 0.6) is 0 Å². The summed E-state index contributed by atoms with van der Waals surface area (Å²) in [5.74, 6) is 0.471. The largest absolute Gasteiger partial charge is 0.465 e. The van der Waals surface area contributed by atoms with Crippen LogP contribution in [-0.4, -0.2) is 15.7 Å². The van der Waals surface area contributed by atoms with E-state index in [1.807, 2.05) is 36.5 Å². The van der Waals surface area contributed by atoms with Crippen LogP contribution in [0.3, 0.4) is 0 Å². The molecule has 1 amide bonds. The summed E-state index contributed by atoms with van der Waals surface area (Å²) >= 11 is 0. The lowest BCUT2D eigenvalue weighted by Crippen LogP contribution is -2.21. The van der Waals surface area contributed by atoms with Gasteiger partial charge in [0, 0.05) is 25.0 Å². The van der Waals surface area contributed by atoms with E-state index < -0.39 is 0 Å². The molecular weight excluding hydrogens is 278 g/mol. The molecule has 22 heavy (non-hydrogen) atoms. The van der Waals surface area contributed by atoms with Crippen LogP contribution in [0.25, 0.3) is 11.8 Å². The summed E-state index contributed by atoms with van der Waals surface area (Å²) in [6.45, 7) is 0.428. The fourth-order valence-corrected chi connectivity index (χ4v) is 2.08. The highest BCUT2D eigenvalue weighted by molar-refractivity contribution is 5.91. The maximum atomic E-state index is 11.8. The molecule has 0 bridgehead atoms. The predicted octanol–water partition coefficient (Wildman–Crippen LogP) is 2.79. The van der Waals surface area contributed by atoms with E-state index in [1.54, 1.807) is 35.4 Å². The van der Waals surface area contributed by atoms with Gasteiger partial charge in [0.05, 0.1) is 12.0 Å². The van der Waals surface area contributed by atoms with Crippen molar-refractivity contribution in [3.05, 3.63) is 78.5 Å². The van der Waals surface area contributed by atoms with Crippen LogP contribution < -0.4 is 5.32 Å². The highest BCUT2D eigenvalue weighted by atomic mass is 16.3. The molecule has 0 radical (unpaired) electrons. The molecule has 0 unspecified atom stereocenters. The Morgan fingerprint density at radius 1 is 1.23 bits per heavy atom. The summed E-state index contributed by atoms with van der Waals surface area (Å²) in [7, 11) is 0. The van der Waals surface area contributed by atoms with Crippen LogP contribution in [0.15, 0.2) is 71.6 Å². The van der Waals surface area contributed by atoms with E-state index in [0.717, 1.165) is 11.3 Å². The van der Waals surface area contributed by atoms with Crippen molar-refractivity contribution in [2.75, 3.05) is 0 Å². The Hall–Kier alpha value is -3.08. The molecule has 0 saturated carbocycles.